The van der Waals surface area contributed by atoms with Gasteiger partial charge in [-0.2, -0.15) is 5.26 Å². The number of benzene rings is 1. The molecule has 2 rings (SSSR count). The smallest absolute Gasteiger partial charge is 0.322 e. The Hall–Kier alpha value is -1.90. The zero-order valence-electron chi connectivity index (χ0n) is 9.97. The third kappa shape index (κ3) is 2.86. The van der Waals surface area contributed by atoms with Crippen LogP contribution >= 0.6 is 0 Å². The lowest BCUT2D eigenvalue weighted by Gasteiger charge is -2.33. The summed E-state index contributed by atoms with van der Waals surface area (Å²) in [4.78, 5) is 13.1. The van der Waals surface area contributed by atoms with E-state index in [4.69, 9.17) is 10.4 Å². The molecular formula is C13H15N3O2. The van der Waals surface area contributed by atoms with Crippen molar-refractivity contribution in [1.29, 1.82) is 5.26 Å². The van der Waals surface area contributed by atoms with Crippen molar-refractivity contribution in [3.63, 3.8) is 0 Å². The molecule has 0 saturated carbocycles. The molecule has 1 aliphatic heterocycles. The van der Waals surface area contributed by atoms with Crippen molar-refractivity contribution in [3.8, 4) is 6.07 Å². The topological polar surface area (TPSA) is 76.4 Å². The fraction of sp³-hybridized carbons (Fsp3) is 0.385. The van der Waals surface area contributed by atoms with E-state index in [1.165, 1.54) is 0 Å². The molecule has 0 bridgehead atoms. The number of carboxylic acid groups (broad SMARTS) is 1. The second kappa shape index (κ2) is 5.63. The molecule has 1 fully saturated rings. The van der Waals surface area contributed by atoms with E-state index < -0.39 is 12.0 Å². The maximum absolute atomic E-state index is 11.1. The Bertz CT molecular complexity index is 464. The van der Waals surface area contributed by atoms with Gasteiger partial charge in [-0.05, 0) is 17.7 Å². The monoisotopic (exact) mass is 245 g/mol. The Kier molecular flexibility index (Phi) is 3.92. The van der Waals surface area contributed by atoms with Gasteiger partial charge in [-0.1, -0.05) is 12.1 Å². The predicted octanol–water partition coefficient (Wildman–Crippen LogP) is 0.417. The van der Waals surface area contributed by atoms with Gasteiger partial charge in [0.25, 0.3) is 0 Å². The quantitative estimate of drug-likeness (QED) is 0.807. The zero-order chi connectivity index (χ0) is 13.0. The molecule has 2 N–H and O–H groups in total. The summed E-state index contributed by atoms with van der Waals surface area (Å²) in [5, 5.41) is 20.9. The number of nitrogens with zero attached hydrogens (tertiary/aromatic N) is 2. The Labute approximate surface area is 106 Å². The van der Waals surface area contributed by atoms with Gasteiger partial charge >= 0.3 is 5.97 Å². The highest BCUT2D eigenvalue weighted by Gasteiger charge is 2.27. The predicted molar refractivity (Wildman–Crippen MR) is 65.9 cm³/mol. The van der Waals surface area contributed by atoms with Gasteiger partial charge < -0.3 is 10.4 Å². The Balaban J connectivity index is 2.06. The molecule has 0 amide bonds. The number of aliphatic carboxylic acids is 1. The van der Waals surface area contributed by atoms with Crippen LogP contribution in [0.3, 0.4) is 0 Å². The van der Waals surface area contributed by atoms with E-state index in [0.29, 0.717) is 18.7 Å². The van der Waals surface area contributed by atoms with Crippen LogP contribution in [0.2, 0.25) is 0 Å². The molecule has 1 aromatic carbocycles. The van der Waals surface area contributed by atoms with Crippen LogP contribution in [0.25, 0.3) is 0 Å². The van der Waals surface area contributed by atoms with Gasteiger partial charge in [-0.15, -0.1) is 0 Å². The minimum atomic E-state index is -0.796. The first-order valence-electron chi connectivity index (χ1n) is 5.87. The number of carboxylic acids is 1. The van der Waals surface area contributed by atoms with E-state index in [9.17, 15) is 4.79 Å². The number of rotatable bonds is 3. The molecule has 5 nitrogen and oxygen atoms in total. The van der Waals surface area contributed by atoms with Crippen molar-refractivity contribution in [2.45, 2.75) is 12.6 Å². The maximum Gasteiger partial charge on any atom is 0.322 e. The number of nitrogens with one attached hydrogen (secondary N) is 1. The fourth-order valence-electron chi connectivity index (χ4n) is 2.10. The average Bonchev–Trinajstić information content (AvgIpc) is 2.40. The Morgan fingerprint density at radius 1 is 1.50 bits per heavy atom. The van der Waals surface area contributed by atoms with Crippen molar-refractivity contribution >= 4 is 5.97 Å². The third-order valence-corrected chi connectivity index (χ3v) is 3.11. The van der Waals surface area contributed by atoms with Crippen LogP contribution < -0.4 is 5.32 Å². The third-order valence-electron chi connectivity index (χ3n) is 3.11. The van der Waals surface area contributed by atoms with E-state index in [1.807, 2.05) is 17.0 Å². The van der Waals surface area contributed by atoms with Crippen LogP contribution in [-0.4, -0.2) is 41.7 Å². The number of nitriles is 1. The van der Waals surface area contributed by atoms with Crippen LogP contribution in [0, 0.1) is 11.3 Å². The molecule has 1 aromatic rings. The number of piperazine rings is 1. The van der Waals surface area contributed by atoms with Crippen LogP contribution in [0.5, 0.6) is 0 Å². The molecule has 1 saturated heterocycles. The van der Waals surface area contributed by atoms with Crippen LogP contribution in [0.15, 0.2) is 24.3 Å². The minimum Gasteiger partial charge on any atom is -0.480 e. The van der Waals surface area contributed by atoms with E-state index in [-0.39, 0.29) is 0 Å². The van der Waals surface area contributed by atoms with Gasteiger partial charge in [-0.3, -0.25) is 9.69 Å². The first-order chi connectivity index (χ1) is 8.70. The molecule has 1 unspecified atom stereocenters. The highest BCUT2D eigenvalue weighted by Crippen LogP contribution is 2.11. The summed E-state index contributed by atoms with van der Waals surface area (Å²) in [6.45, 7) is 2.60. The lowest BCUT2D eigenvalue weighted by atomic mass is 10.1. The summed E-state index contributed by atoms with van der Waals surface area (Å²) in [6, 6.07) is 8.85. The molecule has 0 aliphatic carbocycles. The molecular weight excluding hydrogens is 230 g/mol. The van der Waals surface area contributed by atoms with E-state index >= 15 is 0 Å². The standard InChI is InChI=1S/C13H15N3O2/c14-7-10-1-3-11(4-2-10)9-16-6-5-15-8-12(16)13(17)18/h1-4,12,15H,5-6,8-9H2,(H,17,18). The summed E-state index contributed by atoms with van der Waals surface area (Å²) in [6.07, 6.45) is 0. The van der Waals surface area contributed by atoms with Crippen molar-refractivity contribution in [1.82, 2.24) is 10.2 Å². The van der Waals surface area contributed by atoms with Crippen molar-refractivity contribution < 1.29 is 9.90 Å². The van der Waals surface area contributed by atoms with Crippen LogP contribution in [0.1, 0.15) is 11.1 Å². The zero-order valence-corrected chi connectivity index (χ0v) is 9.97. The average molecular weight is 245 g/mol. The molecule has 18 heavy (non-hydrogen) atoms. The summed E-state index contributed by atoms with van der Waals surface area (Å²) >= 11 is 0. The second-order valence-electron chi connectivity index (χ2n) is 4.34. The molecule has 0 aromatic heterocycles. The molecule has 94 valence electrons. The van der Waals surface area contributed by atoms with E-state index in [2.05, 4.69) is 11.4 Å². The number of hydrogen-bond donors (Lipinski definition) is 2. The highest BCUT2D eigenvalue weighted by molar-refractivity contribution is 5.74. The van der Waals surface area contributed by atoms with Crippen LogP contribution in [0.4, 0.5) is 0 Å². The molecule has 0 spiro atoms. The van der Waals surface area contributed by atoms with E-state index in [1.54, 1.807) is 12.1 Å². The van der Waals surface area contributed by atoms with Gasteiger partial charge in [0.1, 0.15) is 6.04 Å². The van der Waals surface area contributed by atoms with Gasteiger partial charge in [0.05, 0.1) is 11.6 Å². The summed E-state index contributed by atoms with van der Waals surface area (Å²) in [7, 11) is 0. The summed E-state index contributed by atoms with van der Waals surface area (Å²) in [5.74, 6) is -0.796. The summed E-state index contributed by atoms with van der Waals surface area (Å²) < 4.78 is 0. The number of carbonyl (C=O) groups is 1. The van der Waals surface area contributed by atoms with Gasteiger partial charge in [-0.25, -0.2) is 0 Å². The summed E-state index contributed by atoms with van der Waals surface area (Å²) in [5.41, 5.74) is 1.65. The van der Waals surface area contributed by atoms with E-state index in [0.717, 1.165) is 18.7 Å². The Morgan fingerprint density at radius 3 is 2.83 bits per heavy atom. The Morgan fingerprint density at radius 2 is 2.22 bits per heavy atom. The molecule has 5 heteroatoms. The fourth-order valence-corrected chi connectivity index (χ4v) is 2.10. The highest BCUT2D eigenvalue weighted by atomic mass is 16.4. The molecule has 0 radical (unpaired) electrons. The first kappa shape index (κ1) is 12.6. The van der Waals surface area contributed by atoms with Crippen molar-refractivity contribution in [3.05, 3.63) is 35.4 Å². The number of hydrogen-bond acceptors (Lipinski definition) is 4. The van der Waals surface area contributed by atoms with Gasteiger partial charge in [0.15, 0.2) is 0 Å². The lowest BCUT2D eigenvalue weighted by molar-refractivity contribution is -0.144. The second-order valence-corrected chi connectivity index (χ2v) is 4.34. The molecule has 1 heterocycles. The van der Waals surface area contributed by atoms with Crippen molar-refractivity contribution in [2.75, 3.05) is 19.6 Å². The SMILES string of the molecule is N#Cc1ccc(CN2CCNCC2C(=O)O)cc1. The minimum absolute atomic E-state index is 0.477. The van der Waals surface area contributed by atoms with Gasteiger partial charge in [0, 0.05) is 26.2 Å². The largest absolute Gasteiger partial charge is 0.480 e. The molecule has 1 aliphatic rings. The van der Waals surface area contributed by atoms with Crippen molar-refractivity contribution in [2.24, 2.45) is 0 Å². The molecule has 1 atom stereocenters. The van der Waals surface area contributed by atoms with Gasteiger partial charge in [0.2, 0.25) is 0 Å². The lowest BCUT2D eigenvalue weighted by Crippen LogP contribution is -2.54. The normalized spacial score (nSPS) is 20.3. The van der Waals surface area contributed by atoms with Crippen LogP contribution in [-0.2, 0) is 11.3 Å². The maximum atomic E-state index is 11.1. The first-order valence-corrected chi connectivity index (χ1v) is 5.87.